The normalized spacial score (nSPS) is 15.5. The average molecular weight is 294 g/mol. The topological polar surface area (TPSA) is 51.2 Å². The number of fused-ring (bicyclic) bond motifs is 1. The second kappa shape index (κ2) is 5.77. The Hall–Kier alpha value is -1.31. The van der Waals surface area contributed by atoms with E-state index in [0.29, 0.717) is 5.13 Å². The molecule has 0 radical (unpaired) electrons. The summed E-state index contributed by atoms with van der Waals surface area (Å²) >= 11 is 1.31. The smallest absolute Gasteiger partial charge is 0.422 e. The largest absolute Gasteiger partial charge is 0.440 e. The molecule has 1 aromatic heterocycles. The molecule has 0 saturated heterocycles. The summed E-state index contributed by atoms with van der Waals surface area (Å²) in [7, 11) is 0. The summed E-state index contributed by atoms with van der Waals surface area (Å²) in [6, 6.07) is 0. The van der Waals surface area contributed by atoms with Gasteiger partial charge >= 0.3 is 12.3 Å². The average Bonchev–Trinajstić information content (AvgIpc) is 2.55. The summed E-state index contributed by atoms with van der Waals surface area (Å²) in [5.41, 5.74) is 0.939. The van der Waals surface area contributed by atoms with E-state index in [4.69, 9.17) is 0 Å². The third kappa shape index (κ3) is 4.38. The van der Waals surface area contributed by atoms with Crippen LogP contribution in [0, 0.1) is 0 Å². The van der Waals surface area contributed by atoms with Gasteiger partial charge in [0.05, 0.1) is 5.69 Å². The van der Waals surface area contributed by atoms with E-state index in [0.717, 1.165) is 42.7 Å². The number of halogens is 3. The predicted molar refractivity (Wildman–Crippen MR) is 64.4 cm³/mol. The lowest BCUT2D eigenvalue weighted by Gasteiger charge is -2.07. The van der Waals surface area contributed by atoms with Crippen molar-refractivity contribution in [1.82, 2.24) is 4.98 Å². The maximum Gasteiger partial charge on any atom is 0.422 e. The summed E-state index contributed by atoms with van der Waals surface area (Å²) in [5.74, 6) is 0. The van der Waals surface area contributed by atoms with Crippen LogP contribution < -0.4 is 5.32 Å². The molecule has 4 nitrogen and oxygen atoms in total. The van der Waals surface area contributed by atoms with Gasteiger partial charge in [0.15, 0.2) is 11.7 Å². The van der Waals surface area contributed by atoms with Crippen LogP contribution in [0.3, 0.4) is 0 Å². The number of anilines is 1. The van der Waals surface area contributed by atoms with E-state index in [-0.39, 0.29) is 0 Å². The highest BCUT2D eigenvalue weighted by molar-refractivity contribution is 7.15. The highest BCUT2D eigenvalue weighted by atomic mass is 32.1. The SMILES string of the molecule is O=C(Nc1nc2c(s1)CCCCC2)OCC(F)(F)F. The van der Waals surface area contributed by atoms with E-state index >= 15 is 0 Å². The van der Waals surface area contributed by atoms with Crippen molar-refractivity contribution in [2.75, 3.05) is 11.9 Å². The number of thiazole rings is 1. The van der Waals surface area contributed by atoms with E-state index in [1.165, 1.54) is 11.3 Å². The van der Waals surface area contributed by atoms with Crippen LogP contribution in [0.4, 0.5) is 23.1 Å². The minimum Gasteiger partial charge on any atom is -0.440 e. The second-order valence-corrected chi connectivity index (χ2v) is 5.35. The first-order valence-electron chi connectivity index (χ1n) is 5.93. The number of amides is 1. The van der Waals surface area contributed by atoms with Gasteiger partial charge in [0, 0.05) is 4.88 Å². The molecule has 8 heteroatoms. The van der Waals surface area contributed by atoms with Gasteiger partial charge in [-0.15, -0.1) is 11.3 Å². The van der Waals surface area contributed by atoms with Gasteiger partial charge in [-0.1, -0.05) is 6.42 Å². The first kappa shape index (κ1) is 14.1. The molecule has 1 aliphatic carbocycles. The van der Waals surface area contributed by atoms with Gasteiger partial charge in [-0.3, -0.25) is 5.32 Å². The number of nitrogens with zero attached hydrogens (tertiary/aromatic N) is 1. The fourth-order valence-corrected chi connectivity index (χ4v) is 2.89. The van der Waals surface area contributed by atoms with Crippen LogP contribution in [0.15, 0.2) is 0 Å². The second-order valence-electron chi connectivity index (χ2n) is 4.27. The van der Waals surface area contributed by atoms with Gasteiger partial charge in [-0.25, -0.2) is 9.78 Å². The first-order chi connectivity index (χ1) is 8.94. The molecule has 1 aliphatic rings. The minimum absolute atomic E-state index is 0.305. The van der Waals surface area contributed by atoms with Crippen LogP contribution >= 0.6 is 11.3 Å². The Bertz CT molecular complexity index is 436. The van der Waals surface area contributed by atoms with Crippen LogP contribution in [-0.2, 0) is 17.6 Å². The molecule has 0 spiro atoms. The number of aromatic nitrogens is 1. The Morgan fingerprint density at radius 1 is 1.32 bits per heavy atom. The lowest BCUT2D eigenvalue weighted by Crippen LogP contribution is -2.23. The summed E-state index contributed by atoms with van der Waals surface area (Å²) in [5, 5.41) is 2.54. The Morgan fingerprint density at radius 3 is 2.79 bits per heavy atom. The molecular formula is C11H13F3N2O2S. The van der Waals surface area contributed by atoms with Crippen LogP contribution in [-0.4, -0.2) is 23.9 Å². The highest BCUT2D eigenvalue weighted by Gasteiger charge is 2.29. The van der Waals surface area contributed by atoms with Crippen molar-refractivity contribution in [1.29, 1.82) is 0 Å². The molecule has 19 heavy (non-hydrogen) atoms. The van der Waals surface area contributed by atoms with Crippen LogP contribution in [0.1, 0.15) is 29.8 Å². The summed E-state index contributed by atoms with van der Waals surface area (Å²) in [6.07, 6.45) is -0.600. The fraction of sp³-hybridized carbons (Fsp3) is 0.636. The molecule has 0 unspecified atom stereocenters. The van der Waals surface area contributed by atoms with Gasteiger partial charge in [0.25, 0.3) is 0 Å². The monoisotopic (exact) mass is 294 g/mol. The van der Waals surface area contributed by atoms with E-state index < -0.39 is 18.9 Å². The number of rotatable bonds is 2. The predicted octanol–water partition coefficient (Wildman–Crippen LogP) is 3.52. The molecule has 0 aromatic carbocycles. The molecule has 1 N–H and O–H groups in total. The van der Waals surface area contributed by atoms with Crippen LogP contribution in [0.2, 0.25) is 0 Å². The minimum atomic E-state index is -4.52. The Balaban J connectivity index is 1.91. The van der Waals surface area contributed by atoms with E-state index in [9.17, 15) is 18.0 Å². The standard InChI is InChI=1S/C11H13F3N2O2S/c12-11(13,14)6-18-10(17)16-9-15-7-4-2-1-3-5-8(7)19-9/h1-6H2,(H,15,16,17). The molecule has 1 heterocycles. The molecule has 0 aliphatic heterocycles. The van der Waals surface area contributed by atoms with Crippen molar-refractivity contribution < 1.29 is 22.7 Å². The maximum atomic E-state index is 11.9. The van der Waals surface area contributed by atoms with E-state index in [1.807, 2.05) is 0 Å². The number of aryl methyl sites for hydroxylation is 2. The molecule has 0 saturated carbocycles. The number of hydrogen-bond acceptors (Lipinski definition) is 4. The van der Waals surface area contributed by atoms with Gasteiger partial charge in [-0.2, -0.15) is 13.2 Å². The third-order valence-electron chi connectivity index (χ3n) is 2.67. The Morgan fingerprint density at radius 2 is 2.05 bits per heavy atom. The number of carbonyl (C=O) groups excluding carboxylic acids is 1. The van der Waals surface area contributed by atoms with Gasteiger partial charge in [-0.05, 0) is 25.7 Å². The molecule has 1 aromatic rings. The van der Waals surface area contributed by atoms with E-state index in [2.05, 4.69) is 15.0 Å². The van der Waals surface area contributed by atoms with Crippen molar-refractivity contribution in [3.05, 3.63) is 10.6 Å². The van der Waals surface area contributed by atoms with Crippen molar-refractivity contribution >= 4 is 22.6 Å². The molecule has 0 fully saturated rings. The summed E-state index contributed by atoms with van der Waals surface area (Å²) in [6.45, 7) is -1.59. The number of nitrogens with one attached hydrogen (secondary N) is 1. The molecule has 2 rings (SSSR count). The first-order valence-corrected chi connectivity index (χ1v) is 6.75. The highest BCUT2D eigenvalue weighted by Crippen LogP contribution is 2.29. The molecular weight excluding hydrogens is 281 g/mol. The molecule has 0 bridgehead atoms. The quantitative estimate of drug-likeness (QED) is 0.849. The zero-order valence-corrected chi connectivity index (χ0v) is 10.9. The van der Waals surface area contributed by atoms with Crippen molar-refractivity contribution in [3.8, 4) is 0 Å². The summed E-state index contributed by atoms with van der Waals surface area (Å²) in [4.78, 5) is 16.5. The van der Waals surface area contributed by atoms with Gasteiger partial charge < -0.3 is 4.74 Å². The zero-order chi connectivity index (χ0) is 13.9. The Labute approximate surface area is 112 Å². The molecule has 0 atom stereocenters. The third-order valence-corrected chi connectivity index (χ3v) is 3.74. The van der Waals surface area contributed by atoms with Crippen molar-refractivity contribution in [2.24, 2.45) is 0 Å². The summed E-state index contributed by atoms with van der Waals surface area (Å²) < 4.78 is 39.7. The lowest BCUT2D eigenvalue weighted by atomic mass is 10.2. The van der Waals surface area contributed by atoms with Crippen LogP contribution in [0.5, 0.6) is 0 Å². The zero-order valence-electron chi connectivity index (χ0n) is 10.0. The van der Waals surface area contributed by atoms with Gasteiger partial charge in [0.2, 0.25) is 0 Å². The number of alkyl halides is 3. The number of ether oxygens (including phenoxy) is 1. The number of hydrogen-bond donors (Lipinski definition) is 1. The van der Waals surface area contributed by atoms with E-state index in [1.54, 1.807) is 0 Å². The molecule has 1 amide bonds. The van der Waals surface area contributed by atoms with Crippen molar-refractivity contribution in [3.63, 3.8) is 0 Å². The maximum absolute atomic E-state index is 11.9. The fourth-order valence-electron chi connectivity index (χ4n) is 1.85. The Kier molecular flexibility index (Phi) is 4.28. The molecule has 106 valence electrons. The van der Waals surface area contributed by atoms with Gasteiger partial charge in [0.1, 0.15) is 0 Å². The lowest BCUT2D eigenvalue weighted by molar-refractivity contribution is -0.159. The van der Waals surface area contributed by atoms with Crippen molar-refractivity contribution in [2.45, 2.75) is 38.3 Å². The van der Waals surface area contributed by atoms with Crippen LogP contribution in [0.25, 0.3) is 0 Å². The number of carbonyl (C=O) groups is 1.